The van der Waals surface area contributed by atoms with Gasteiger partial charge in [-0.15, -0.1) is 11.6 Å². The van der Waals surface area contributed by atoms with Crippen molar-refractivity contribution in [1.29, 1.82) is 0 Å². The van der Waals surface area contributed by atoms with Crippen molar-refractivity contribution in [2.24, 2.45) is 0 Å². The number of aliphatic hydroxyl groups is 2. The van der Waals surface area contributed by atoms with Crippen LogP contribution in [0.25, 0.3) is 0 Å². The van der Waals surface area contributed by atoms with Gasteiger partial charge in [-0.1, -0.05) is 0 Å². The molecule has 0 aromatic carbocycles. The van der Waals surface area contributed by atoms with Gasteiger partial charge in [0.2, 0.25) is 0 Å². The molecule has 11 nitrogen and oxygen atoms in total. The Labute approximate surface area is 181 Å². The molecule has 1 heterocycles. The Balaban J connectivity index is -0.000000173. The van der Waals surface area contributed by atoms with E-state index in [2.05, 4.69) is 4.98 Å². The molecule has 1 aromatic heterocycles. The summed E-state index contributed by atoms with van der Waals surface area (Å²) in [6.45, 7) is 1.72. The number of aliphatic hydroxyl groups excluding tert-OH is 2. The molecule has 0 radical (unpaired) electrons. The van der Waals surface area contributed by atoms with Crippen LogP contribution in [0.4, 0.5) is 5.82 Å². The molecule has 1 rings (SSSR count). The molecular formula is C8H19ClN3Na2O8P. The van der Waals surface area contributed by atoms with E-state index in [1.54, 1.807) is 6.92 Å². The van der Waals surface area contributed by atoms with Crippen LogP contribution in [0.3, 0.4) is 0 Å². The van der Waals surface area contributed by atoms with E-state index in [0.717, 1.165) is 13.3 Å². The average Bonchev–Trinajstić information content (AvgIpc) is 2.71. The molecule has 1 atom stereocenters. The third-order valence-corrected chi connectivity index (χ3v) is 2.15. The summed E-state index contributed by atoms with van der Waals surface area (Å²) < 4.78 is 10.2. The molecule has 23 heavy (non-hydrogen) atoms. The fraction of sp³-hybridized carbons (Fsp3) is 0.625. The van der Waals surface area contributed by atoms with E-state index in [-0.39, 0.29) is 77.4 Å². The Morgan fingerprint density at radius 1 is 1.39 bits per heavy atom. The first kappa shape index (κ1) is 31.7. The second-order valence-corrected chi connectivity index (χ2v) is 4.69. The summed E-state index contributed by atoms with van der Waals surface area (Å²) in [6, 6.07) is 0. The number of aromatic nitrogens is 2. The molecule has 1 unspecified atom stereocenters. The van der Waals surface area contributed by atoms with Crippen molar-refractivity contribution in [3.8, 4) is 0 Å². The first-order chi connectivity index (χ1) is 9.56. The van der Waals surface area contributed by atoms with E-state index in [1.165, 1.54) is 4.57 Å². The number of hydrogen-bond acceptors (Lipinski definition) is 6. The molecule has 15 heteroatoms. The summed E-state index contributed by atoms with van der Waals surface area (Å²) >= 11 is 5.40. The standard InChI is InChI=1S/C7H10ClN3O3.CH4O.2Na.H3O4P.2H/c1-5-9-3-7(11(13)14)10(5)4-6(12)2-8;1-2;;;1-5(2,3)4;;/h3,6,12H,2,4H2,1H3;2H,1H3;;;(H3,1,2,3,4);;. The predicted octanol–water partition coefficient (Wildman–Crippen LogP) is -1.92. The predicted molar refractivity (Wildman–Crippen MR) is 87.0 cm³/mol. The minimum atomic E-state index is -4.64. The van der Waals surface area contributed by atoms with Gasteiger partial charge < -0.3 is 35.0 Å². The van der Waals surface area contributed by atoms with Gasteiger partial charge in [0.15, 0.2) is 5.82 Å². The molecule has 0 fully saturated rings. The molecule has 0 saturated heterocycles. The zero-order valence-corrected chi connectivity index (χ0v) is 12.8. The van der Waals surface area contributed by atoms with Crippen LogP contribution in [-0.4, -0.2) is 118 Å². The number of aryl methyl sites for hydroxylation is 1. The van der Waals surface area contributed by atoms with Gasteiger partial charge in [-0.05, 0) is 4.92 Å². The van der Waals surface area contributed by atoms with E-state index in [4.69, 9.17) is 36.0 Å². The van der Waals surface area contributed by atoms with Gasteiger partial charge in [0, 0.05) is 14.0 Å². The maximum atomic E-state index is 10.5. The summed E-state index contributed by atoms with van der Waals surface area (Å²) in [5.41, 5.74) is 0. The first-order valence-corrected chi connectivity index (χ1v) is 7.29. The van der Waals surface area contributed by atoms with E-state index < -0.39 is 18.8 Å². The van der Waals surface area contributed by atoms with Crippen LogP contribution in [0, 0.1) is 17.0 Å². The fourth-order valence-corrected chi connectivity index (χ4v) is 1.18. The normalized spacial score (nSPS) is 10.6. The van der Waals surface area contributed by atoms with E-state index in [9.17, 15) is 15.2 Å². The van der Waals surface area contributed by atoms with Crippen molar-refractivity contribution >= 4 is 84.4 Å². The first-order valence-electron chi connectivity index (χ1n) is 5.19. The van der Waals surface area contributed by atoms with Gasteiger partial charge in [0.1, 0.15) is 18.8 Å². The fourth-order valence-electron chi connectivity index (χ4n) is 1.09. The zero-order chi connectivity index (χ0) is 17.2. The quantitative estimate of drug-likeness (QED) is 0.127. The van der Waals surface area contributed by atoms with Crippen molar-refractivity contribution in [2.45, 2.75) is 19.6 Å². The number of hydrogen-bond donors (Lipinski definition) is 5. The van der Waals surface area contributed by atoms with Crippen LogP contribution >= 0.6 is 19.4 Å². The SMILES string of the molecule is CO.Cc1ncc([N+](=O)[O-])n1CC(O)CCl.O=P(O)(O)O.[NaH].[NaH]. The summed E-state index contributed by atoms with van der Waals surface area (Å²) in [6.07, 6.45) is 0.360. The van der Waals surface area contributed by atoms with Gasteiger partial charge in [-0.2, -0.15) is 0 Å². The van der Waals surface area contributed by atoms with Crippen LogP contribution in [0.15, 0.2) is 6.20 Å². The number of imidazole rings is 1. The third kappa shape index (κ3) is 17.5. The number of phosphoric acid groups is 1. The topological polar surface area (TPSA) is 179 Å². The number of alkyl halides is 1. The Hall–Kier alpha value is 0.930. The van der Waals surface area contributed by atoms with Gasteiger partial charge >= 0.3 is 72.8 Å². The van der Waals surface area contributed by atoms with Crippen LogP contribution in [0.2, 0.25) is 0 Å². The Morgan fingerprint density at radius 2 is 1.78 bits per heavy atom. The molecule has 1 aromatic rings. The van der Waals surface area contributed by atoms with Crippen molar-refractivity contribution in [3.05, 3.63) is 22.1 Å². The van der Waals surface area contributed by atoms with Crippen molar-refractivity contribution in [3.63, 3.8) is 0 Å². The van der Waals surface area contributed by atoms with Gasteiger partial charge in [0.05, 0.1) is 5.88 Å². The van der Waals surface area contributed by atoms with Crippen molar-refractivity contribution < 1.29 is 34.4 Å². The van der Waals surface area contributed by atoms with Crippen LogP contribution in [0.5, 0.6) is 0 Å². The number of halogens is 1. The summed E-state index contributed by atoms with van der Waals surface area (Å²) in [5.74, 6) is 0.391. The maximum absolute atomic E-state index is 10.5. The Kier molecular flexibility index (Phi) is 22.6. The van der Waals surface area contributed by atoms with E-state index >= 15 is 0 Å². The molecule has 0 spiro atoms. The van der Waals surface area contributed by atoms with E-state index in [1.807, 2.05) is 0 Å². The van der Waals surface area contributed by atoms with Gasteiger partial charge in [0.25, 0.3) is 0 Å². The summed E-state index contributed by atoms with van der Waals surface area (Å²) in [7, 11) is -3.64. The summed E-state index contributed by atoms with van der Waals surface area (Å²) in [4.78, 5) is 35.3. The zero-order valence-electron chi connectivity index (χ0n) is 11.2. The second kappa shape index (κ2) is 16.4. The monoisotopic (exact) mass is 397 g/mol. The average molecular weight is 398 g/mol. The molecule has 0 aliphatic carbocycles. The van der Waals surface area contributed by atoms with Crippen LogP contribution in [-0.2, 0) is 11.1 Å². The molecule has 0 bridgehead atoms. The van der Waals surface area contributed by atoms with Crippen molar-refractivity contribution in [2.75, 3.05) is 13.0 Å². The molecule has 128 valence electrons. The number of rotatable bonds is 4. The molecule has 0 aliphatic heterocycles. The molecular weight excluding hydrogens is 379 g/mol. The van der Waals surface area contributed by atoms with Gasteiger partial charge in [-0.25, -0.2) is 14.1 Å². The third-order valence-electron chi connectivity index (χ3n) is 1.79. The van der Waals surface area contributed by atoms with E-state index in [0.29, 0.717) is 5.82 Å². The second-order valence-electron chi connectivity index (χ2n) is 3.35. The minimum absolute atomic E-state index is 0. The Morgan fingerprint density at radius 3 is 2.09 bits per heavy atom. The van der Waals surface area contributed by atoms with Crippen LogP contribution < -0.4 is 0 Å². The number of nitrogens with zero attached hydrogens (tertiary/aromatic N) is 3. The Bertz CT molecular complexity index is 478. The van der Waals surface area contributed by atoms with Gasteiger partial charge in [-0.3, -0.25) is 0 Å². The molecule has 0 saturated carbocycles. The molecule has 5 N–H and O–H groups in total. The molecule has 0 aliphatic rings. The number of nitro groups is 1. The molecule has 0 amide bonds. The van der Waals surface area contributed by atoms with Crippen molar-refractivity contribution in [1.82, 2.24) is 9.55 Å². The summed E-state index contributed by atoms with van der Waals surface area (Å²) in [5, 5.41) is 26.8. The van der Waals surface area contributed by atoms with Crippen LogP contribution in [0.1, 0.15) is 5.82 Å².